The van der Waals surface area contributed by atoms with Crippen molar-refractivity contribution in [2.75, 3.05) is 17.7 Å². The van der Waals surface area contributed by atoms with Gasteiger partial charge in [-0.05, 0) is 24.6 Å². The van der Waals surface area contributed by atoms with E-state index in [1.54, 1.807) is 28.9 Å². The number of aromatic nitrogens is 2. The molecule has 0 aliphatic heterocycles. The van der Waals surface area contributed by atoms with Gasteiger partial charge in [0, 0.05) is 24.8 Å². The molecule has 0 fully saturated rings. The normalized spacial score (nSPS) is 10.6. The van der Waals surface area contributed by atoms with Crippen LogP contribution in [-0.2, 0) is 13.5 Å². The van der Waals surface area contributed by atoms with E-state index in [1.165, 1.54) is 0 Å². The van der Waals surface area contributed by atoms with Crippen molar-refractivity contribution >= 4 is 33.2 Å². The fourth-order valence-corrected chi connectivity index (χ4v) is 2.47. The van der Waals surface area contributed by atoms with Crippen LogP contribution < -0.4 is 10.6 Å². The quantitative estimate of drug-likeness (QED) is 0.876. The lowest BCUT2D eigenvalue weighted by molar-refractivity contribution is 0.0992. The lowest BCUT2D eigenvalue weighted by Gasteiger charge is -2.19. The van der Waals surface area contributed by atoms with Crippen molar-refractivity contribution in [2.45, 2.75) is 13.3 Å². The number of nitrogen functional groups attached to an aromatic ring is 1. The third-order valence-electron chi connectivity index (χ3n) is 3.13. The molecule has 0 unspecified atom stereocenters. The van der Waals surface area contributed by atoms with Crippen molar-refractivity contribution in [3.8, 4) is 0 Å². The molecule has 5 nitrogen and oxygen atoms in total. The number of carbonyl (C=O) groups excluding carboxylic acids is 1. The zero-order valence-corrected chi connectivity index (χ0v) is 13.3. The Morgan fingerprint density at radius 3 is 2.80 bits per heavy atom. The van der Waals surface area contributed by atoms with E-state index in [0.29, 0.717) is 23.4 Å². The molecule has 1 aromatic heterocycles. The average Bonchev–Trinajstić information content (AvgIpc) is 2.78. The van der Waals surface area contributed by atoms with Crippen LogP contribution >= 0.6 is 15.9 Å². The van der Waals surface area contributed by atoms with Gasteiger partial charge >= 0.3 is 0 Å². The first-order valence-electron chi connectivity index (χ1n) is 6.29. The Morgan fingerprint density at radius 1 is 1.50 bits per heavy atom. The van der Waals surface area contributed by atoms with Gasteiger partial charge in [-0.15, -0.1) is 0 Å². The number of nitrogens with two attached hydrogens (primary N) is 1. The number of nitrogens with zero attached hydrogens (tertiary/aromatic N) is 3. The van der Waals surface area contributed by atoms with Crippen LogP contribution in [0.3, 0.4) is 0 Å². The van der Waals surface area contributed by atoms with Gasteiger partial charge in [0.1, 0.15) is 0 Å². The SMILES string of the molecule is CCc1nn(C)cc1C(=O)N(C)c1ccc(Br)cc1N. The van der Waals surface area contributed by atoms with Crippen molar-refractivity contribution in [1.29, 1.82) is 0 Å². The van der Waals surface area contributed by atoms with E-state index in [9.17, 15) is 4.79 Å². The monoisotopic (exact) mass is 336 g/mol. The van der Waals surface area contributed by atoms with Gasteiger partial charge in [-0.3, -0.25) is 9.48 Å². The number of anilines is 2. The summed E-state index contributed by atoms with van der Waals surface area (Å²) in [6.45, 7) is 1.98. The average molecular weight is 337 g/mol. The van der Waals surface area contributed by atoms with E-state index in [-0.39, 0.29) is 5.91 Å². The topological polar surface area (TPSA) is 64.2 Å². The first kappa shape index (κ1) is 14.6. The molecule has 0 saturated heterocycles. The van der Waals surface area contributed by atoms with Crippen molar-refractivity contribution < 1.29 is 4.79 Å². The largest absolute Gasteiger partial charge is 0.397 e. The molecule has 2 N–H and O–H groups in total. The number of aryl methyl sites for hydroxylation is 2. The smallest absolute Gasteiger partial charge is 0.261 e. The van der Waals surface area contributed by atoms with Crippen LogP contribution in [0.1, 0.15) is 23.0 Å². The number of hydrogen-bond donors (Lipinski definition) is 1. The van der Waals surface area contributed by atoms with Crippen LogP contribution in [0.25, 0.3) is 0 Å². The molecular formula is C14H17BrN4O. The van der Waals surface area contributed by atoms with Gasteiger partial charge in [0.25, 0.3) is 5.91 Å². The Balaban J connectivity index is 2.37. The van der Waals surface area contributed by atoms with Gasteiger partial charge in [-0.25, -0.2) is 0 Å². The summed E-state index contributed by atoms with van der Waals surface area (Å²) in [5, 5.41) is 4.29. The lowest BCUT2D eigenvalue weighted by Crippen LogP contribution is -2.27. The first-order chi connectivity index (χ1) is 9.43. The lowest BCUT2D eigenvalue weighted by atomic mass is 10.1. The molecule has 1 heterocycles. The maximum absolute atomic E-state index is 12.6. The minimum absolute atomic E-state index is 0.107. The van der Waals surface area contributed by atoms with Crippen molar-refractivity contribution in [3.63, 3.8) is 0 Å². The minimum atomic E-state index is -0.107. The fourth-order valence-electron chi connectivity index (χ4n) is 2.10. The maximum atomic E-state index is 12.6. The number of rotatable bonds is 3. The van der Waals surface area contributed by atoms with Crippen LogP contribution in [0, 0.1) is 0 Å². The molecule has 0 saturated carbocycles. The summed E-state index contributed by atoms with van der Waals surface area (Å²) in [5.41, 5.74) is 8.61. The third kappa shape index (κ3) is 2.70. The second kappa shape index (κ2) is 5.66. The van der Waals surface area contributed by atoms with E-state index in [1.807, 2.05) is 26.1 Å². The third-order valence-corrected chi connectivity index (χ3v) is 3.62. The van der Waals surface area contributed by atoms with E-state index in [0.717, 1.165) is 10.2 Å². The molecule has 0 atom stereocenters. The summed E-state index contributed by atoms with van der Waals surface area (Å²) in [6.07, 6.45) is 2.46. The Morgan fingerprint density at radius 2 is 2.20 bits per heavy atom. The molecule has 0 aliphatic rings. The molecule has 6 heteroatoms. The van der Waals surface area contributed by atoms with Gasteiger partial charge in [0.15, 0.2) is 0 Å². The van der Waals surface area contributed by atoms with E-state index < -0.39 is 0 Å². The molecule has 1 aromatic carbocycles. The predicted octanol–water partition coefficient (Wildman–Crippen LogP) is 2.60. The highest BCUT2D eigenvalue weighted by Crippen LogP contribution is 2.27. The summed E-state index contributed by atoms with van der Waals surface area (Å²) in [7, 11) is 3.53. The molecule has 1 amide bonds. The van der Waals surface area contributed by atoms with Crippen LogP contribution in [-0.4, -0.2) is 22.7 Å². The molecule has 0 spiro atoms. The van der Waals surface area contributed by atoms with E-state index in [2.05, 4.69) is 21.0 Å². The molecule has 20 heavy (non-hydrogen) atoms. The van der Waals surface area contributed by atoms with E-state index in [4.69, 9.17) is 5.73 Å². The van der Waals surface area contributed by atoms with Crippen molar-refractivity contribution in [1.82, 2.24) is 9.78 Å². The molecule has 0 bridgehead atoms. The number of amides is 1. The van der Waals surface area contributed by atoms with E-state index >= 15 is 0 Å². The predicted molar refractivity (Wildman–Crippen MR) is 83.9 cm³/mol. The van der Waals surface area contributed by atoms with Crippen molar-refractivity contribution in [3.05, 3.63) is 40.1 Å². The van der Waals surface area contributed by atoms with Gasteiger partial charge in [-0.1, -0.05) is 22.9 Å². The number of carbonyl (C=O) groups is 1. The highest BCUT2D eigenvalue weighted by Gasteiger charge is 2.20. The van der Waals surface area contributed by atoms with Gasteiger partial charge in [0.05, 0.1) is 22.6 Å². The summed E-state index contributed by atoms with van der Waals surface area (Å²) in [4.78, 5) is 14.1. The maximum Gasteiger partial charge on any atom is 0.261 e. The standard InChI is InChI=1S/C14H17BrN4O/c1-4-12-10(8-18(2)17-12)14(20)19(3)13-6-5-9(15)7-11(13)16/h5-8H,4,16H2,1-3H3. The van der Waals surface area contributed by atoms with Crippen molar-refractivity contribution in [2.24, 2.45) is 7.05 Å². The molecule has 106 valence electrons. The zero-order valence-electron chi connectivity index (χ0n) is 11.7. The fraction of sp³-hybridized carbons (Fsp3) is 0.286. The second-order valence-electron chi connectivity index (χ2n) is 4.58. The highest BCUT2D eigenvalue weighted by atomic mass is 79.9. The summed E-state index contributed by atoms with van der Waals surface area (Å²) in [6, 6.07) is 5.46. The number of benzene rings is 1. The molecule has 0 radical (unpaired) electrons. The molecular weight excluding hydrogens is 320 g/mol. The molecule has 2 rings (SSSR count). The van der Waals surface area contributed by atoms with Gasteiger partial charge in [-0.2, -0.15) is 5.10 Å². The first-order valence-corrected chi connectivity index (χ1v) is 7.09. The number of halogens is 1. The summed E-state index contributed by atoms with van der Waals surface area (Å²) in [5.74, 6) is -0.107. The Labute approximate surface area is 126 Å². The van der Waals surface area contributed by atoms with Crippen LogP contribution in [0.15, 0.2) is 28.9 Å². The second-order valence-corrected chi connectivity index (χ2v) is 5.50. The highest BCUT2D eigenvalue weighted by molar-refractivity contribution is 9.10. The zero-order chi connectivity index (χ0) is 14.9. The molecule has 2 aromatic rings. The van der Waals surface area contributed by atoms with Crippen LogP contribution in [0.5, 0.6) is 0 Å². The van der Waals surface area contributed by atoms with Crippen LogP contribution in [0.4, 0.5) is 11.4 Å². The summed E-state index contributed by atoms with van der Waals surface area (Å²) >= 11 is 3.36. The Hall–Kier alpha value is -1.82. The van der Waals surface area contributed by atoms with Gasteiger partial charge < -0.3 is 10.6 Å². The molecule has 0 aliphatic carbocycles. The Kier molecular flexibility index (Phi) is 4.13. The van der Waals surface area contributed by atoms with Gasteiger partial charge in [0.2, 0.25) is 0 Å². The Bertz CT molecular complexity index is 651. The minimum Gasteiger partial charge on any atom is -0.397 e. The van der Waals surface area contributed by atoms with Crippen LogP contribution in [0.2, 0.25) is 0 Å². The number of hydrogen-bond acceptors (Lipinski definition) is 3. The summed E-state index contributed by atoms with van der Waals surface area (Å²) < 4.78 is 2.54.